The zero-order valence-corrected chi connectivity index (χ0v) is 14.2. The van der Waals surface area contributed by atoms with Gasteiger partial charge in [-0.2, -0.15) is 0 Å². The number of aromatic nitrogens is 2. The van der Waals surface area contributed by atoms with Gasteiger partial charge >= 0.3 is 0 Å². The number of halogens is 1. The summed E-state index contributed by atoms with van der Waals surface area (Å²) in [7, 11) is 1.58. The van der Waals surface area contributed by atoms with Gasteiger partial charge in [0.15, 0.2) is 0 Å². The average Bonchev–Trinajstić information content (AvgIpc) is 2.43. The number of benzene rings is 1. The fourth-order valence-corrected chi connectivity index (χ4v) is 2.30. The van der Waals surface area contributed by atoms with Crippen LogP contribution in [0.15, 0.2) is 33.5 Å². The number of hydrogen-bond donors (Lipinski definition) is 1. The maximum atomic E-state index is 11.9. The van der Waals surface area contributed by atoms with E-state index in [1.54, 1.807) is 7.11 Å². The van der Waals surface area contributed by atoms with Crippen molar-refractivity contribution in [2.45, 2.75) is 32.8 Å². The van der Waals surface area contributed by atoms with Gasteiger partial charge in [-0.3, -0.25) is 4.79 Å². The number of methoxy groups -OCH3 is 1. The molecule has 0 fully saturated rings. The van der Waals surface area contributed by atoms with Crippen LogP contribution in [-0.2, 0) is 16.8 Å². The summed E-state index contributed by atoms with van der Waals surface area (Å²) < 4.78 is 5.49. The van der Waals surface area contributed by atoms with Crippen molar-refractivity contribution < 1.29 is 4.74 Å². The Balaban J connectivity index is 2.45. The summed E-state index contributed by atoms with van der Waals surface area (Å²) in [6.07, 6.45) is 0. The molecule has 4 nitrogen and oxygen atoms in total. The Hall–Kier alpha value is -1.46. The number of hydrogen-bond acceptors (Lipinski definition) is 3. The average molecular weight is 351 g/mol. The lowest BCUT2D eigenvalue weighted by Crippen LogP contribution is -2.14. The van der Waals surface area contributed by atoms with Crippen LogP contribution in [0.4, 0.5) is 0 Å². The zero-order valence-electron chi connectivity index (χ0n) is 12.7. The summed E-state index contributed by atoms with van der Waals surface area (Å²) in [6, 6.07) is 8.08. The SMILES string of the molecule is COCc1nc(-c2ccc(C(C)(C)C)cc2)[nH]c(=O)c1Br. The van der Waals surface area contributed by atoms with Crippen molar-refractivity contribution in [2.75, 3.05) is 7.11 Å². The lowest BCUT2D eigenvalue weighted by Gasteiger charge is -2.19. The molecule has 0 aliphatic heterocycles. The van der Waals surface area contributed by atoms with Crippen molar-refractivity contribution >= 4 is 15.9 Å². The van der Waals surface area contributed by atoms with Crippen LogP contribution in [0.3, 0.4) is 0 Å². The van der Waals surface area contributed by atoms with Crippen LogP contribution in [0.1, 0.15) is 32.0 Å². The molecule has 0 unspecified atom stereocenters. The van der Waals surface area contributed by atoms with Gasteiger partial charge in [0, 0.05) is 12.7 Å². The lowest BCUT2D eigenvalue weighted by molar-refractivity contribution is 0.180. The first kappa shape index (κ1) is 15.9. The molecule has 112 valence electrons. The first-order valence-electron chi connectivity index (χ1n) is 6.71. The molecule has 1 aromatic carbocycles. The largest absolute Gasteiger partial charge is 0.378 e. The molecule has 5 heteroatoms. The minimum atomic E-state index is -0.202. The van der Waals surface area contributed by atoms with Crippen LogP contribution in [-0.4, -0.2) is 17.1 Å². The quantitative estimate of drug-likeness (QED) is 0.919. The van der Waals surface area contributed by atoms with E-state index in [1.807, 2.05) is 12.1 Å². The van der Waals surface area contributed by atoms with Crippen molar-refractivity contribution in [1.82, 2.24) is 9.97 Å². The predicted molar refractivity (Wildman–Crippen MR) is 87.4 cm³/mol. The summed E-state index contributed by atoms with van der Waals surface area (Å²) >= 11 is 3.24. The van der Waals surface area contributed by atoms with Gasteiger partial charge in [0.1, 0.15) is 10.3 Å². The Labute approximate surface area is 132 Å². The van der Waals surface area contributed by atoms with E-state index in [0.29, 0.717) is 16.0 Å². The monoisotopic (exact) mass is 350 g/mol. The van der Waals surface area contributed by atoms with Crippen LogP contribution in [0, 0.1) is 0 Å². The number of H-pyrrole nitrogens is 1. The Morgan fingerprint density at radius 3 is 2.38 bits per heavy atom. The third-order valence-electron chi connectivity index (χ3n) is 3.24. The van der Waals surface area contributed by atoms with Crippen LogP contribution in [0.5, 0.6) is 0 Å². The number of nitrogens with zero attached hydrogens (tertiary/aromatic N) is 1. The summed E-state index contributed by atoms with van der Waals surface area (Å²) in [4.78, 5) is 19.2. The first-order chi connectivity index (χ1) is 9.82. The normalized spacial score (nSPS) is 11.7. The molecule has 0 amide bonds. The molecule has 0 atom stereocenters. The number of nitrogens with one attached hydrogen (secondary N) is 1. The highest BCUT2D eigenvalue weighted by Crippen LogP contribution is 2.25. The van der Waals surface area contributed by atoms with Crippen molar-refractivity contribution in [1.29, 1.82) is 0 Å². The molecule has 21 heavy (non-hydrogen) atoms. The molecule has 2 rings (SSSR count). The Bertz CT molecular complexity index is 685. The second-order valence-electron chi connectivity index (χ2n) is 5.94. The van der Waals surface area contributed by atoms with Crippen LogP contribution < -0.4 is 5.56 Å². The van der Waals surface area contributed by atoms with Crippen LogP contribution >= 0.6 is 15.9 Å². The highest BCUT2D eigenvalue weighted by molar-refractivity contribution is 9.10. The Kier molecular flexibility index (Phi) is 4.64. The highest BCUT2D eigenvalue weighted by Gasteiger charge is 2.14. The van der Waals surface area contributed by atoms with Gasteiger partial charge < -0.3 is 9.72 Å². The third-order valence-corrected chi connectivity index (χ3v) is 4.05. The minimum Gasteiger partial charge on any atom is -0.378 e. The van der Waals surface area contributed by atoms with E-state index < -0.39 is 0 Å². The van der Waals surface area contributed by atoms with Crippen molar-refractivity contribution in [3.63, 3.8) is 0 Å². The smallest absolute Gasteiger partial charge is 0.265 e. The first-order valence-corrected chi connectivity index (χ1v) is 7.51. The van der Waals surface area contributed by atoms with E-state index >= 15 is 0 Å². The van der Waals surface area contributed by atoms with Gasteiger partial charge in [-0.15, -0.1) is 0 Å². The van der Waals surface area contributed by atoms with Crippen molar-refractivity contribution in [2.24, 2.45) is 0 Å². The molecular weight excluding hydrogens is 332 g/mol. The second kappa shape index (κ2) is 6.12. The van der Waals surface area contributed by atoms with E-state index in [2.05, 4.69) is 58.8 Å². The van der Waals surface area contributed by atoms with E-state index in [9.17, 15) is 4.79 Å². The lowest BCUT2D eigenvalue weighted by atomic mass is 9.87. The summed E-state index contributed by atoms with van der Waals surface area (Å²) in [5, 5.41) is 0. The number of aromatic amines is 1. The topological polar surface area (TPSA) is 55.0 Å². The van der Waals surface area contributed by atoms with Gasteiger partial charge in [-0.1, -0.05) is 45.0 Å². The predicted octanol–water partition coefficient (Wildman–Crippen LogP) is 3.64. The molecule has 0 spiro atoms. The van der Waals surface area contributed by atoms with Gasteiger partial charge in [-0.05, 0) is 26.9 Å². The van der Waals surface area contributed by atoms with Gasteiger partial charge in [0.2, 0.25) is 0 Å². The molecule has 0 radical (unpaired) electrons. The van der Waals surface area contributed by atoms with E-state index in [4.69, 9.17) is 4.74 Å². The number of rotatable bonds is 3. The Morgan fingerprint density at radius 2 is 1.86 bits per heavy atom. The van der Waals surface area contributed by atoms with Crippen LogP contribution in [0.25, 0.3) is 11.4 Å². The maximum absolute atomic E-state index is 11.9. The molecule has 0 saturated carbocycles. The summed E-state index contributed by atoms with van der Waals surface area (Å²) in [5.74, 6) is 0.552. The van der Waals surface area contributed by atoms with Crippen LogP contribution in [0.2, 0.25) is 0 Å². The molecule has 1 N–H and O–H groups in total. The van der Waals surface area contributed by atoms with E-state index in [0.717, 1.165) is 5.56 Å². The number of ether oxygens (including phenoxy) is 1. The Morgan fingerprint density at radius 1 is 1.24 bits per heavy atom. The zero-order chi connectivity index (χ0) is 15.6. The molecular formula is C16H19BrN2O2. The molecule has 1 aromatic heterocycles. The van der Waals surface area contributed by atoms with Gasteiger partial charge in [-0.25, -0.2) is 4.98 Å². The fourth-order valence-electron chi connectivity index (χ4n) is 2.00. The second-order valence-corrected chi connectivity index (χ2v) is 6.73. The molecule has 0 aliphatic rings. The summed E-state index contributed by atoms with van der Waals surface area (Å²) in [6.45, 7) is 6.78. The van der Waals surface area contributed by atoms with E-state index in [-0.39, 0.29) is 17.6 Å². The maximum Gasteiger partial charge on any atom is 0.265 e. The van der Waals surface area contributed by atoms with Gasteiger partial charge in [0.05, 0.1) is 12.3 Å². The molecule has 1 heterocycles. The van der Waals surface area contributed by atoms with E-state index in [1.165, 1.54) is 5.56 Å². The molecule has 2 aromatic rings. The highest BCUT2D eigenvalue weighted by atomic mass is 79.9. The van der Waals surface area contributed by atoms with Crippen molar-refractivity contribution in [3.05, 3.63) is 50.3 Å². The van der Waals surface area contributed by atoms with Crippen molar-refractivity contribution in [3.8, 4) is 11.4 Å². The standard InChI is InChI=1S/C16H19BrN2O2/c1-16(2,3)11-7-5-10(6-8-11)14-18-12(9-21-4)13(17)15(20)19-14/h5-8H,9H2,1-4H3,(H,18,19,20). The molecule has 0 aliphatic carbocycles. The third kappa shape index (κ3) is 3.60. The molecule has 0 saturated heterocycles. The fraction of sp³-hybridized carbons (Fsp3) is 0.375. The minimum absolute atomic E-state index is 0.0975. The summed E-state index contributed by atoms with van der Waals surface area (Å²) in [5.41, 5.74) is 2.61. The molecule has 0 bridgehead atoms. The van der Waals surface area contributed by atoms with Gasteiger partial charge in [0.25, 0.3) is 5.56 Å².